The van der Waals surface area contributed by atoms with Crippen molar-refractivity contribution in [1.29, 1.82) is 0 Å². The first-order valence-electron chi connectivity index (χ1n) is 7.90. The van der Waals surface area contributed by atoms with E-state index >= 15 is 0 Å². The zero-order valence-corrected chi connectivity index (χ0v) is 13.9. The third-order valence-corrected chi connectivity index (χ3v) is 5.20. The Morgan fingerprint density at radius 1 is 1.48 bits per heavy atom. The van der Waals surface area contributed by atoms with E-state index in [9.17, 15) is 0 Å². The van der Waals surface area contributed by atoms with Gasteiger partial charge in [0.2, 0.25) is 0 Å². The fourth-order valence-electron chi connectivity index (χ4n) is 2.94. The minimum atomic E-state index is 0.563. The lowest BCUT2D eigenvalue weighted by atomic mass is 9.91. The van der Waals surface area contributed by atoms with Crippen LogP contribution < -0.4 is 5.32 Å². The van der Waals surface area contributed by atoms with Crippen molar-refractivity contribution in [3.8, 4) is 10.8 Å². The second kappa shape index (κ2) is 6.32. The molecule has 1 unspecified atom stereocenters. The van der Waals surface area contributed by atoms with Gasteiger partial charge in [-0.25, -0.2) is 4.98 Å². The van der Waals surface area contributed by atoms with Crippen LogP contribution >= 0.6 is 11.3 Å². The smallest absolute Gasteiger partial charge is 0.165 e. The van der Waals surface area contributed by atoms with Gasteiger partial charge in [-0.2, -0.15) is 0 Å². The molecule has 3 rings (SSSR count). The Balaban J connectivity index is 1.78. The molecule has 21 heavy (non-hydrogen) atoms. The summed E-state index contributed by atoms with van der Waals surface area (Å²) in [6, 6.07) is 2.01. The van der Waals surface area contributed by atoms with E-state index in [1.54, 1.807) is 6.26 Å². The molecular weight excluding hydrogens is 280 g/mol. The van der Waals surface area contributed by atoms with Crippen molar-refractivity contribution in [3.63, 3.8) is 0 Å². The predicted octanol–water partition coefficient (Wildman–Crippen LogP) is 4.38. The maximum Gasteiger partial charge on any atom is 0.165 e. The summed E-state index contributed by atoms with van der Waals surface area (Å²) in [7, 11) is 0. The molecule has 1 N–H and O–H groups in total. The van der Waals surface area contributed by atoms with Crippen LogP contribution in [-0.2, 0) is 6.42 Å². The van der Waals surface area contributed by atoms with E-state index in [4.69, 9.17) is 9.40 Å². The lowest BCUT2D eigenvalue weighted by molar-refractivity contribution is 0.473. The number of aryl methyl sites for hydroxylation is 2. The highest BCUT2D eigenvalue weighted by molar-refractivity contribution is 7.15. The van der Waals surface area contributed by atoms with Gasteiger partial charge < -0.3 is 9.73 Å². The van der Waals surface area contributed by atoms with Crippen LogP contribution in [0.2, 0.25) is 0 Å². The molecule has 1 aliphatic carbocycles. The average molecular weight is 304 g/mol. The van der Waals surface area contributed by atoms with Gasteiger partial charge in [-0.1, -0.05) is 13.8 Å². The van der Waals surface area contributed by atoms with Crippen molar-refractivity contribution < 1.29 is 4.42 Å². The SMILES string of the molecule is Cc1ccoc1-c1nc2c(s1)CCCC2CNCC(C)C. The molecule has 1 aliphatic rings. The Morgan fingerprint density at radius 3 is 3.05 bits per heavy atom. The molecular formula is C17H24N2OS. The van der Waals surface area contributed by atoms with Crippen LogP contribution in [-0.4, -0.2) is 18.1 Å². The largest absolute Gasteiger partial charge is 0.462 e. The maximum atomic E-state index is 5.61. The van der Waals surface area contributed by atoms with Crippen LogP contribution in [0.15, 0.2) is 16.7 Å². The molecule has 114 valence electrons. The highest BCUT2D eigenvalue weighted by Gasteiger charge is 2.26. The first kappa shape index (κ1) is 14.8. The molecule has 1 atom stereocenters. The number of furan rings is 1. The molecule has 3 nitrogen and oxygen atoms in total. The molecule has 4 heteroatoms. The highest BCUT2D eigenvalue weighted by atomic mass is 32.1. The molecule has 0 radical (unpaired) electrons. The molecule has 0 aliphatic heterocycles. The first-order chi connectivity index (χ1) is 10.1. The second-order valence-corrected chi connectivity index (χ2v) is 7.49. The van der Waals surface area contributed by atoms with Crippen LogP contribution in [0.5, 0.6) is 0 Å². The summed E-state index contributed by atoms with van der Waals surface area (Å²) in [5.74, 6) is 2.21. The van der Waals surface area contributed by atoms with Crippen LogP contribution in [0.3, 0.4) is 0 Å². The number of fused-ring (bicyclic) bond motifs is 1. The van der Waals surface area contributed by atoms with Crippen molar-refractivity contribution in [1.82, 2.24) is 10.3 Å². The predicted molar refractivity (Wildman–Crippen MR) is 87.9 cm³/mol. The van der Waals surface area contributed by atoms with Crippen molar-refractivity contribution in [3.05, 3.63) is 28.5 Å². The number of nitrogens with one attached hydrogen (secondary N) is 1. The van der Waals surface area contributed by atoms with Gasteiger partial charge in [0.1, 0.15) is 0 Å². The lowest BCUT2D eigenvalue weighted by Gasteiger charge is -2.21. The summed E-state index contributed by atoms with van der Waals surface area (Å²) < 4.78 is 5.61. The number of rotatable bonds is 5. The molecule has 2 heterocycles. The van der Waals surface area contributed by atoms with Gasteiger partial charge in [-0.3, -0.25) is 0 Å². The highest BCUT2D eigenvalue weighted by Crippen LogP contribution is 2.38. The fraction of sp³-hybridized carbons (Fsp3) is 0.588. The fourth-order valence-corrected chi connectivity index (χ4v) is 4.18. The Labute approximate surface area is 130 Å². The molecule has 0 saturated heterocycles. The zero-order valence-electron chi connectivity index (χ0n) is 13.1. The van der Waals surface area contributed by atoms with E-state index in [-0.39, 0.29) is 0 Å². The molecule has 0 aromatic carbocycles. The summed E-state index contributed by atoms with van der Waals surface area (Å²) in [5, 5.41) is 4.65. The minimum absolute atomic E-state index is 0.563. The summed E-state index contributed by atoms with van der Waals surface area (Å²) in [5.41, 5.74) is 2.49. The minimum Gasteiger partial charge on any atom is -0.462 e. The van der Waals surface area contributed by atoms with E-state index in [2.05, 4.69) is 26.1 Å². The van der Waals surface area contributed by atoms with Crippen LogP contribution in [0.25, 0.3) is 10.8 Å². The Morgan fingerprint density at radius 2 is 2.33 bits per heavy atom. The van der Waals surface area contributed by atoms with Crippen molar-refractivity contribution in [2.24, 2.45) is 5.92 Å². The number of hydrogen-bond donors (Lipinski definition) is 1. The lowest BCUT2D eigenvalue weighted by Crippen LogP contribution is -2.27. The van der Waals surface area contributed by atoms with Crippen LogP contribution in [0.4, 0.5) is 0 Å². The number of hydrogen-bond acceptors (Lipinski definition) is 4. The number of thiazole rings is 1. The van der Waals surface area contributed by atoms with Gasteiger partial charge in [0, 0.05) is 17.3 Å². The van der Waals surface area contributed by atoms with E-state index < -0.39 is 0 Å². The third-order valence-electron chi connectivity index (χ3n) is 4.07. The topological polar surface area (TPSA) is 38.1 Å². The van der Waals surface area contributed by atoms with Crippen molar-refractivity contribution in [2.45, 2.75) is 46.0 Å². The molecule has 0 bridgehead atoms. The molecule has 0 amide bonds. The van der Waals surface area contributed by atoms with Crippen molar-refractivity contribution in [2.75, 3.05) is 13.1 Å². The van der Waals surface area contributed by atoms with Crippen LogP contribution in [0.1, 0.15) is 48.7 Å². The van der Waals surface area contributed by atoms with Gasteiger partial charge in [-0.15, -0.1) is 11.3 Å². The van der Waals surface area contributed by atoms with Gasteiger partial charge in [0.05, 0.1) is 12.0 Å². The Bertz CT molecular complexity index is 600. The standard InChI is InChI=1S/C17H24N2OS/c1-11(2)9-18-10-13-5-4-6-14-15(13)19-17(21-14)16-12(3)7-8-20-16/h7-8,11,13,18H,4-6,9-10H2,1-3H3. The van der Waals surface area contributed by atoms with Gasteiger partial charge in [0.25, 0.3) is 0 Å². The monoisotopic (exact) mass is 304 g/mol. The molecule has 2 aromatic rings. The summed E-state index contributed by atoms with van der Waals surface area (Å²) >= 11 is 1.82. The van der Waals surface area contributed by atoms with Gasteiger partial charge >= 0.3 is 0 Å². The molecule has 2 aromatic heterocycles. The maximum absolute atomic E-state index is 5.61. The van der Waals surface area contributed by atoms with Crippen LogP contribution in [0, 0.1) is 12.8 Å². The average Bonchev–Trinajstić information content (AvgIpc) is 3.04. The molecule has 0 spiro atoms. The summed E-state index contributed by atoms with van der Waals surface area (Å²) in [4.78, 5) is 6.38. The Hall–Kier alpha value is -1.13. The van der Waals surface area contributed by atoms with E-state index in [1.807, 2.05) is 17.4 Å². The first-order valence-corrected chi connectivity index (χ1v) is 8.71. The van der Waals surface area contributed by atoms with Crippen molar-refractivity contribution >= 4 is 11.3 Å². The number of nitrogens with zero attached hydrogens (tertiary/aromatic N) is 1. The molecule has 0 saturated carbocycles. The summed E-state index contributed by atoms with van der Waals surface area (Å²) in [6.07, 6.45) is 5.46. The number of aromatic nitrogens is 1. The third kappa shape index (κ3) is 3.22. The van der Waals surface area contributed by atoms with Gasteiger partial charge in [-0.05, 0) is 50.3 Å². The normalized spacial score (nSPS) is 18.2. The summed E-state index contributed by atoms with van der Waals surface area (Å²) in [6.45, 7) is 8.71. The van der Waals surface area contributed by atoms with E-state index in [1.165, 1.54) is 35.4 Å². The second-order valence-electron chi connectivity index (χ2n) is 6.40. The molecule has 0 fully saturated rings. The quantitative estimate of drug-likeness (QED) is 0.891. The van der Waals surface area contributed by atoms with Gasteiger partial charge in [0.15, 0.2) is 10.8 Å². The Kier molecular flexibility index (Phi) is 4.45. The van der Waals surface area contributed by atoms with E-state index in [0.29, 0.717) is 11.8 Å². The zero-order chi connectivity index (χ0) is 14.8. The van der Waals surface area contributed by atoms with E-state index in [0.717, 1.165) is 23.9 Å².